The predicted molar refractivity (Wildman–Crippen MR) is 61.8 cm³/mol. The molecule has 0 atom stereocenters. The van der Waals surface area contributed by atoms with Gasteiger partial charge in [-0.15, -0.1) is 24.5 Å². The summed E-state index contributed by atoms with van der Waals surface area (Å²) < 4.78 is 40.1. The highest BCUT2D eigenvalue weighted by Crippen LogP contribution is 2.32. The Hall–Kier alpha value is -1.82. The molecule has 0 spiro atoms. The molecule has 0 amide bonds. The Balaban J connectivity index is 2.36. The van der Waals surface area contributed by atoms with Crippen LogP contribution in [0.15, 0.2) is 35.7 Å². The molecule has 0 fully saturated rings. The summed E-state index contributed by atoms with van der Waals surface area (Å²) in [7, 11) is 0. The third-order valence-corrected chi connectivity index (χ3v) is 3.13. The number of aldehydes is 1. The Morgan fingerprint density at radius 2 is 2.00 bits per heavy atom. The summed E-state index contributed by atoms with van der Waals surface area (Å²) in [6, 6.07) is 7.16. The van der Waals surface area contributed by atoms with Crippen molar-refractivity contribution in [3.05, 3.63) is 41.3 Å². The lowest BCUT2D eigenvalue weighted by Crippen LogP contribution is -2.17. The van der Waals surface area contributed by atoms with Crippen molar-refractivity contribution in [2.45, 2.75) is 6.36 Å². The lowest BCUT2D eigenvalue weighted by atomic mass is 10.1. The third-order valence-electron chi connectivity index (χ3n) is 2.15. The topological polar surface area (TPSA) is 26.3 Å². The van der Waals surface area contributed by atoms with Gasteiger partial charge in [0, 0.05) is 10.4 Å². The van der Waals surface area contributed by atoms with E-state index in [1.165, 1.54) is 29.5 Å². The second-order valence-corrected chi connectivity index (χ2v) is 4.31. The molecule has 0 aliphatic rings. The van der Waals surface area contributed by atoms with Gasteiger partial charge in [0.15, 0.2) is 6.29 Å². The van der Waals surface area contributed by atoms with Gasteiger partial charge in [-0.25, -0.2) is 0 Å². The lowest BCUT2D eigenvalue weighted by Gasteiger charge is -2.09. The van der Waals surface area contributed by atoms with E-state index in [1.54, 1.807) is 17.5 Å². The van der Waals surface area contributed by atoms with Gasteiger partial charge in [0.2, 0.25) is 0 Å². The molecule has 0 aliphatic carbocycles. The van der Waals surface area contributed by atoms with Crippen molar-refractivity contribution in [1.29, 1.82) is 0 Å². The van der Waals surface area contributed by atoms with Crippen LogP contribution in [0, 0.1) is 0 Å². The molecule has 2 aromatic rings. The molecule has 0 N–H and O–H groups in total. The number of carbonyl (C=O) groups excluding carboxylic acids is 1. The van der Waals surface area contributed by atoms with Crippen LogP contribution in [0.2, 0.25) is 0 Å². The van der Waals surface area contributed by atoms with Crippen molar-refractivity contribution < 1.29 is 22.7 Å². The van der Waals surface area contributed by atoms with Crippen LogP contribution in [0.4, 0.5) is 13.2 Å². The fourth-order valence-corrected chi connectivity index (χ4v) is 2.35. The number of ether oxygens (including phenoxy) is 1. The quantitative estimate of drug-likeness (QED) is 0.785. The van der Waals surface area contributed by atoms with Gasteiger partial charge in [-0.3, -0.25) is 4.79 Å². The molecule has 1 aromatic heterocycles. The van der Waals surface area contributed by atoms with Gasteiger partial charge in [0.1, 0.15) is 5.75 Å². The maximum atomic E-state index is 12.1. The second kappa shape index (κ2) is 4.81. The largest absolute Gasteiger partial charge is 0.573 e. The number of benzene rings is 1. The Labute approximate surface area is 105 Å². The minimum atomic E-state index is -4.72. The molecule has 18 heavy (non-hydrogen) atoms. The summed E-state index contributed by atoms with van der Waals surface area (Å²) >= 11 is 1.29. The van der Waals surface area contributed by atoms with Crippen LogP contribution < -0.4 is 4.74 Å². The van der Waals surface area contributed by atoms with E-state index in [4.69, 9.17) is 0 Å². The molecule has 0 radical (unpaired) electrons. The van der Waals surface area contributed by atoms with Gasteiger partial charge in [-0.2, -0.15) is 0 Å². The first-order valence-corrected chi connectivity index (χ1v) is 5.76. The first kappa shape index (κ1) is 12.6. The van der Waals surface area contributed by atoms with E-state index in [9.17, 15) is 18.0 Å². The molecule has 2 rings (SSSR count). The van der Waals surface area contributed by atoms with Gasteiger partial charge >= 0.3 is 6.36 Å². The second-order valence-electron chi connectivity index (χ2n) is 3.40. The van der Waals surface area contributed by atoms with Crippen molar-refractivity contribution in [2.75, 3.05) is 0 Å². The van der Waals surface area contributed by atoms with Crippen molar-refractivity contribution in [3.63, 3.8) is 0 Å². The first-order valence-electron chi connectivity index (χ1n) is 4.88. The number of thiophene rings is 1. The monoisotopic (exact) mass is 272 g/mol. The molecule has 0 saturated heterocycles. The van der Waals surface area contributed by atoms with Gasteiger partial charge in [0.05, 0.1) is 0 Å². The molecule has 94 valence electrons. The van der Waals surface area contributed by atoms with E-state index in [0.717, 1.165) is 0 Å². The summed E-state index contributed by atoms with van der Waals surface area (Å²) in [5.41, 5.74) is 0.970. The number of hydrogen-bond donors (Lipinski definition) is 0. The summed E-state index contributed by atoms with van der Waals surface area (Å²) in [4.78, 5) is 11.4. The minimum absolute atomic E-state index is 0.301. The maximum Gasteiger partial charge on any atom is 0.573 e. The van der Waals surface area contributed by atoms with Crippen molar-refractivity contribution in [3.8, 4) is 16.2 Å². The predicted octanol–water partition coefficient (Wildman–Crippen LogP) is 4.13. The number of halogens is 3. The maximum absolute atomic E-state index is 12.1. The zero-order valence-corrected chi connectivity index (χ0v) is 9.72. The fraction of sp³-hybridized carbons (Fsp3) is 0.0833. The zero-order valence-electron chi connectivity index (χ0n) is 8.90. The van der Waals surface area contributed by atoms with Crippen LogP contribution in [-0.4, -0.2) is 12.6 Å². The Morgan fingerprint density at radius 1 is 1.22 bits per heavy atom. The van der Waals surface area contributed by atoms with Gasteiger partial charge < -0.3 is 4.74 Å². The average molecular weight is 272 g/mol. The molecule has 0 unspecified atom stereocenters. The van der Waals surface area contributed by atoms with Gasteiger partial charge in [-0.1, -0.05) is 12.1 Å². The van der Waals surface area contributed by atoms with Gasteiger partial charge in [-0.05, 0) is 29.1 Å². The number of hydrogen-bond acceptors (Lipinski definition) is 3. The summed E-state index contributed by atoms with van der Waals surface area (Å²) in [5.74, 6) is -0.301. The number of carbonyl (C=O) groups is 1. The molecule has 6 heteroatoms. The van der Waals surface area contributed by atoms with E-state index in [2.05, 4.69) is 4.74 Å². The minimum Gasteiger partial charge on any atom is -0.406 e. The van der Waals surface area contributed by atoms with E-state index >= 15 is 0 Å². The normalized spacial score (nSPS) is 11.3. The molecule has 1 heterocycles. The summed E-state index contributed by atoms with van der Waals surface area (Å²) in [6.07, 6.45) is -4.05. The molecular formula is C12H7F3O2S. The Morgan fingerprint density at radius 3 is 2.67 bits per heavy atom. The zero-order chi connectivity index (χ0) is 13.2. The van der Waals surface area contributed by atoms with Crippen LogP contribution in [-0.2, 0) is 0 Å². The highest BCUT2D eigenvalue weighted by Gasteiger charge is 2.31. The van der Waals surface area contributed by atoms with Crippen molar-refractivity contribution in [2.24, 2.45) is 0 Å². The van der Waals surface area contributed by atoms with Gasteiger partial charge in [0.25, 0.3) is 0 Å². The van der Waals surface area contributed by atoms with Crippen LogP contribution in [0.25, 0.3) is 10.4 Å². The number of rotatable bonds is 3. The molecule has 1 aromatic carbocycles. The van der Waals surface area contributed by atoms with E-state index in [1.807, 2.05) is 0 Å². The van der Waals surface area contributed by atoms with Crippen LogP contribution in [0.3, 0.4) is 0 Å². The lowest BCUT2D eigenvalue weighted by molar-refractivity contribution is -0.274. The molecule has 2 nitrogen and oxygen atoms in total. The first-order chi connectivity index (χ1) is 8.49. The molecule has 0 saturated carbocycles. The van der Waals surface area contributed by atoms with Crippen LogP contribution in [0.5, 0.6) is 5.75 Å². The summed E-state index contributed by atoms with van der Waals surface area (Å²) in [6.45, 7) is 0. The highest BCUT2D eigenvalue weighted by molar-refractivity contribution is 7.14. The Kier molecular flexibility index (Phi) is 3.38. The molecule has 0 bridgehead atoms. The average Bonchev–Trinajstić information content (AvgIpc) is 2.75. The highest BCUT2D eigenvalue weighted by atomic mass is 32.1. The smallest absolute Gasteiger partial charge is 0.406 e. The Bertz CT molecular complexity index is 560. The van der Waals surface area contributed by atoms with Crippen molar-refractivity contribution in [1.82, 2.24) is 0 Å². The van der Waals surface area contributed by atoms with E-state index in [0.29, 0.717) is 22.3 Å². The van der Waals surface area contributed by atoms with Crippen LogP contribution >= 0.6 is 11.3 Å². The number of alkyl halides is 3. The summed E-state index contributed by atoms with van der Waals surface area (Å²) in [5, 5.41) is 1.70. The fourth-order valence-electron chi connectivity index (χ4n) is 1.48. The van der Waals surface area contributed by atoms with E-state index in [-0.39, 0.29) is 5.75 Å². The molecular weight excluding hydrogens is 265 g/mol. The van der Waals surface area contributed by atoms with E-state index < -0.39 is 6.36 Å². The molecule has 0 aliphatic heterocycles. The van der Waals surface area contributed by atoms with Crippen molar-refractivity contribution >= 4 is 17.6 Å². The standard InChI is InChI=1S/C12H7F3O2S/c13-12(14,15)17-10-3-1-2-8(6-10)11-9(7-16)4-5-18-11/h1-7H. The third kappa shape index (κ3) is 2.89. The SMILES string of the molecule is O=Cc1ccsc1-c1cccc(OC(F)(F)F)c1. The van der Waals surface area contributed by atoms with Crippen LogP contribution in [0.1, 0.15) is 10.4 Å².